The van der Waals surface area contributed by atoms with Crippen LogP contribution in [0, 0.1) is 13.8 Å². The molecule has 1 aromatic carbocycles. The van der Waals surface area contributed by atoms with Crippen molar-refractivity contribution in [3.8, 4) is 0 Å². The lowest BCUT2D eigenvalue weighted by Gasteiger charge is -2.18. The van der Waals surface area contributed by atoms with Crippen LogP contribution in [0.1, 0.15) is 24.0 Å². The predicted molar refractivity (Wildman–Crippen MR) is 77.0 cm³/mol. The van der Waals surface area contributed by atoms with Crippen molar-refractivity contribution in [2.24, 2.45) is 0 Å². The number of rotatable bonds is 6. The van der Waals surface area contributed by atoms with Gasteiger partial charge in [-0.15, -0.1) is 0 Å². The predicted octanol–water partition coefficient (Wildman–Crippen LogP) is 1.88. The Morgan fingerprint density at radius 2 is 1.95 bits per heavy atom. The minimum atomic E-state index is -3.52. The quantitative estimate of drug-likeness (QED) is 0.752. The van der Waals surface area contributed by atoms with Crippen molar-refractivity contribution >= 4 is 16.0 Å². The van der Waals surface area contributed by atoms with Crippen LogP contribution in [0.15, 0.2) is 23.1 Å². The molecule has 0 heterocycles. The van der Waals surface area contributed by atoms with Crippen LogP contribution in [0.25, 0.3) is 0 Å². The van der Waals surface area contributed by atoms with Crippen LogP contribution in [-0.4, -0.2) is 39.4 Å². The van der Waals surface area contributed by atoms with E-state index in [1.165, 1.54) is 18.5 Å². The van der Waals surface area contributed by atoms with Crippen molar-refractivity contribution < 1.29 is 17.9 Å². The van der Waals surface area contributed by atoms with Crippen molar-refractivity contribution in [2.75, 3.05) is 20.7 Å². The van der Waals surface area contributed by atoms with Crippen LogP contribution in [0.5, 0.6) is 0 Å². The van der Waals surface area contributed by atoms with E-state index in [1.54, 1.807) is 19.1 Å². The summed E-state index contributed by atoms with van der Waals surface area (Å²) < 4.78 is 30.7. The van der Waals surface area contributed by atoms with Crippen molar-refractivity contribution in [3.05, 3.63) is 29.3 Å². The van der Waals surface area contributed by atoms with Gasteiger partial charge in [0.15, 0.2) is 0 Å². The molecule has 0 aliphatic heterocycles. The minimum absolute atomic E-state index is 0.211. The van der Waals surface area contributed by atoms with Crippen molar-refractivity contribution in [2.45, 2.75) is 31.6 Å². The summed E-state index contributed by atoms with van der Waals surface area (Å²) in [7, 11) is -0.675. The highest BCUT2D eigenvalue weighted by molar-refractivity contribution is 7.89. The number of carbonyl (C=O) groups excluding carboxylic acids is 1. The van der Waals surface area contributed by atoms with E-state index in [9.17, 15) is 13.2 Å². The fourth-order valence-corrected chi connectivity index (χ4v) is 3.34. The van der Waals surface area contributed by atoms with Gasteiger partial charge in [0.1, 0.15) is 0 Å². The molecular formula is C14H21NO4S. The van der Waals surface area contributed by atoms with E-state index >= 15 is 0 Å². The molecule has 0 unspecified atom stereocenters. The van der Waals surface area contributed by atoms with Crippen molar-refractivity contribution in [1.82, 2.24) is 4.31 Å². The smallest absolute Gasteiger partial charge is 0.305 e. The monoisotopic (exact) mass is 299 g/mol. The zero-order chi connectivity index (χ0) is 15.3. The van der Waals surface area contributed by atoms with E-state index in [0.717, 1.165) is 11.1 Å². The Labute approximate surface area is 120 Å². The topological polar surface area (TPSA) is 63.7 Å². The van der Waals surface area contributed by atoms with Gasteiger partial charge in [0.25, 0.3) is 0 Å². The lowest BCUT2D eigenvalue weighted by molar-refractivity contribution is -0.140. The first-order valence-electron chi connectivity index (χ1n) is 6.39. The maximum absolute atomic E-state index is 12.5. The number of nitrogens with zero attached hydrogens (tertiary/aromatic N) is 1. The van der Waals surface area contributed by atoms with E-state index in [4.69, 9.17) is 0 Å². The number of sulfonamides is 1. The first kappa shape index (κ1) is 16.7. The summed E-state index contributed by atoms with van der Waals surface area (Å²) in [6.07, 6.45) is 0.649. The third-order valence-electron chi connectivity index (χ3n) is 3.11. The molecule has 0 aromatic heterocycles. The molecule has 6 heteroatoms. The Balaban J connectivity index is 2.82. The molecule has 0 saturated heterocycles. The molecule has 0 radical (unpaired) electrons. The fourth-order valence-electron chi connectivity index (χ4n) is 1.82. The van der Waals surface area contributed by atoms with E-state index in [1.807, 2.05) is 13.0 Å². The molecule has 0 N–H and O–H groups in total. The summed E-state index contributed by atoms with van der Waals surface area (Å²) in [6.45, 7) is 3.91. The molecule has 1 rings (SSSR count). The van der Waals surface area contributed by atoms with Gasteiger partial charge in [-0.3, -0.25) is 4.79 Å². The Kier molecular flexibility index (Phi) is 5.71. The van der Waals surface area contributed by atoms with E-state index in [0.29, 0.717) is 11.3 Å². The highest BCUT2D eigenvalue weighted by Gasteiger charge is 2.22. The highest BCUT2D eigenvalue weighted by Crippen LogP contribution is 2.20. The second kappa shape index (κ2) is 6.85. The summed E-state index contributed by atoms with van der Waals surface area (Å²) in [6, 6.07) is 5.34. The molecule has 5 nitrogen and oxygen atoms in total. The minimum Gasteiger partial charge on any atom is -0.469 e. The first-order valence-corrected chi connectivity index (χ1v) is 7.83. The summed E-state index contributed by atoms with van der Waals surface area (Å²) in [5.41, 5.74) is 1.62. The first-order chi connectivity index (χ1) is 9.28. The molecular weight excluding hydrogens is 278 g/mol. The largest absolute Gasteiger partial charge is 0.469 e. The maximum atomic E-state index is 12.5. The Morgan fingerprint density at radius 3 is 2.55 bits per heavy atom. The number of hydrogen-bond acceptors (Lipinski definition) is 4. The van der Waals surface area contributed by atoms with Gasteiger partial charge < -0.3 is 4.74 Å². The summed E-state index contributed by atoms with van der Waals surface area (Å²) in [5.74, 6) is -0.331. The number of methoxy groups -OCH3 is 1. The Bertz CT molecular complexity index is 581. The van der Waals surface area contributed by atoms with Crippen LogP contribution in [0.3, 0.4) is 0 Å². The highest BCUT2D eigenvalue weighted by atomic mass is 32.2. The van der Waals surface area contributed by atoms with Gasteiger partial charge in [0, 0.05) is 20.0 Å². The van der Waals surface area contributed by atoms with Crippen molar-refractivity contribution in [3.63, 3.8) is 0 Å². The molecule has 0 fully saturated rings. The van der Waals surface area contributed by atoms with Crippen LogP contribution < -0.4 is 0 Å². The molecule has 0 bridgehead atoms. The number of esters is 1. The number of carbonyl (C=O) groups is 1. The van der Waals surface area contributed by atoms with Gasteiger partial charge in [-0.2, -0.15) is 0 Å². The second-order valence-corrected chi connectivity index (χ2v) is 6.79. The molecule has 0 spiro atoms. The lowest BCUT2D eigenvalue weighted by atomic mass is 10.2. The zero-order valence-corrected chi connectivity index (χ0v) is 13.2. The van der Waals surface area contributed by atoms with Gasteiger partial charge in [-0.1, -0.05) is 12.1 Å². The average Bonchev–Trinajstić information content (AvgIpc) is 2.40. The number of aryl methyl sites for hydroxylation is 2. The molecule has 0 atom stereocenters. The van der Waals surface area contributed by atoms with Crippen LogP contribution >= 0.6 is 0 Å². The standard InChI is InChI=1S/C14H21NO4S/c1-11-7-8-12(2)13(10-11)20(17,18)15(3)9-5-6-14(16)19-4/h7-8,10H,5-6,9H2,1-4H3. The third-order valence-corrected chi connectivity index (χ3v) is 5.11. The van der Waals surface area contributed by atoms with E-state index in [2.05, 4.69) is 4.74 Å². The third kappa shape index (κ3) is 4.05. The second-order valence-electron chi connectivity index (χ2n) is 4.78. The van der Waals surface area contributed by atoms with Gasteiger partial charge in [0.05, 0.1) is 12.0 Å². The van der Waals surface area contributed by atoms with Gasteiger partial charge in [0.2, 0.25) is 10.0 Å². The van der Waals surface area contributed by atoms with Crippen LogP contribution in [0.2, 0.25) is 0 Å². The number of ether oxygens (including phenoxy) is 1. The van der Waals surface area contributed by atoms with Crippen molar-refractivity contribution in [1.29, 1.82) is 0 Å². The fraction of sp³-hybridized carbons (Fsp3) is 0.500. The lowest BCUT2D eigenvalue weighted by Crippen LogP contribution is -2.29. The summed E-state index contributed by atoms with van der Waals surface area (Å²) in [4.78, 5) is 11.3. The van der Waals surface area contributed by atoms with Crippen LogP contribution in [-0.2, 0) is 19.6 Å². The maximum Gasteiger partial charge on any atom is 0.305 e. The molecule has 0 aliphatic carbocycles. The van der Waals surface area contributed by atoms with Gasteiger partial charge in [-0.25, -0.2) is 12.7 Å². The molecule has 0 saturated carbocycles. The SMILES string of the molecule is COC(=O)CCCN(C)S(=O)(=O)c1cc(C)ccc1C. The van der Waals surface area contributed by atoms with Gasteiger partial charge >= 0.3 is 5.97 Å². The van der Waals surface area contributed by atoms with Crippen LogP contribution in [0.4, 0.5) is 0 Å². The Morgan fingerprint density at radius 1 is 1.30 bits per heavy atom. The normalized spacial score (nSPS) is 11.7. The molecule has 1 aromatic rings. The van der Waals surface area contributed by atoms with E-state index < -0.39 is 10.0 Å². The zero-order valence-electron chi connectivity index (χ0n) is 12.3. The number of hydrogen-bond donors (Lipinski definition) is 0. The average molecular weight is 299 g/mol. The van der Waals surface area contributed by atoms with Gasteiger partial charge in [-0.05, 0) is 37.5 Å². The molecule has 20 heavy (non-hydrogen) atoms. The molecule has 0 amide bonds. The summed E-state index contributed by atoms with van der Waals surface area (Å²) in [5, 5.41) is 0. The van der Waals surface area contributed by atoms with E-state index in [-0.39, 0.29) is 18.9 Å². The Hall–Kier alpha value is -1.40. The summed E-state index contributed by atoms with van der Waals surface area (Å²) >= 11 is 0. The number of benzene rings is 1. The molecule has 0 aliphatic rings. The molecule has 112 valence electrons.